The second kappa shape index (κ2) is 8.10. The summed E-state index contributed by atoms with van der Waals surface area (Å²) in [6.07, 6.45) is 3.25. The Kier molecular flexibility index (Phi) is 5.20. The molecule has 0 unspecified atom stereocenters. The van der Waals surface area contributed by atoms with Crippen LogP contribution in [0.1, 0.15) is 15.9 Å². The van der Waals surface area contributed by atoms with Gasteiger partial charge >= 0.3 is 0 Å². The minimum Gasteiger partial charge on any atom is -0.497 e. The minimum absolute atomic E-state index is 0.181. The van der Waals surface area contributed by atoms with Crippen LogP contribution >= 0.6 is 11.8 Å². The molecule has 2 aromatic heterocycles. The van der Waals surface area contributed by atoms with Crippen LogP contribution in [0.3, 0.4) is 0 Å². The summed E-state index contributed by atoms with van der Waals surface area (Å²) in [7, 11) is 1.58. The van der Waals surface area contributed by atoms with E-state index in [1.807, 2.05) is 24.3 Å². The van der Waals surface area contributed by atoms with Gasteiger partial charge in [-0.2, -0.15) is 5.10 Å². The van der Waals surface area contributed by atoms with Gasteiger partial charge in [-0.25, -0.2) is 9.97 Å². The highest BCUT2D eigenvalue weighted by Gasteiger charge is 2.09. The Morgan fingerprint density at radius 1 is 1.18 bits per heavy atom. The highest BCUT2D eigenvalue weighted by molar-refractivity contribution is 7.98. The van der Waals surface area contributed by atoms with Crippen molar-refractivity contribution in [2.45, 2.75) is 10.8 Å². The van der Waals surface area contributed by atoms with Gasteiger partial charge in [-0.05, 0) is 35.9 Å². The number of benzene rings is 2. The number of aromatic amines is 1. The second-order valence-electron chi connectivity index (χ2n) is 5.99. The first-order chi connectivity index (χ1) is 13.7. The first-order valence-corrected chi connectivity index (χ1v) is 9.53. The molecule has 0 saturated heterocycles. The van der Waals surface area contributed by atoms with Crippen molar-refractivity contribution in [1.29, 1.82) is 0 Å². The van der Waals surface area contributed by atoms with E-state index < -0.39 is 0 Å². The zero-order valence-electron chi connectivity index (χ0n) is 15.0. The third kappa shape index (κ3) is 3.96. The lowest BCUT2D eigenvalue weighted by molar-refractivity contribution is 0.102. The molecule has 28 heavy (non-hydrogen) atoms. The van der Waals surface area contributed by atoms with Crippen LogP contribution in [0.15, 0.2) is 66.1 Å². The smallest absolute Gasteiger partial charge is 0.255 e. The molecule has 2 aromatic carbocycles. The fourth-order valence-corrected chi connectivity index (χ4v) is 3.63. The van der Waals surface area contributed by atoms with E-state index in [4.69, 9.17) is 4.74 Å². The fourth-order valence-electron chi connectivity index (χ4n) is 2.72. The van der Waals surface area contributed by atoms with E-state index >= 15 is 0 Å². The van der Waals surface area contributed by atoms with Gasteiger partial charge < -0.3 is 10.1 Å². The Morgan fingerprint density at radius 3 is 2.96 bits per heavy atom. The molecule has 0 radical (unpaired) electrons. The molecule has 8 heteroatoms. The molecule has 4 rings (SSSR count). The topological polar surface area (TPSA) is 92.8 Å². The summed E-state index contributed by atoms with van der Waals surface area (Å²) in [5.41, 5.74) is 3.07. The van der Waals surface area contributed by atoms with E-state index in [9.17, 15) is 4.79 Å². The number of H-pyrrole nitrogens is 1. The Hall–Kier alpha value is -3.39. The van der Waals surface area contributed by atoms with Crippen LogP contribution in [0.5, 0.6) is 5.75 Å². The maximum absolute atomic E-state index is 12.5. The number of amides is 1. The van der Waals surface area contributed by atoms with Gasteiger partial charge in [-0.1, -0.05) is 18.2 Å². The van der Waals surface area contributed by atoms with Crippen LogP contribution in [0.2, 0.25) is 0 Å². The Balaban J connectivity index is 1.45. The molecule has 0 aliphatic heterocycles. The van der Waals surface area contributed by atoms with Gasteiger partial charge in [0.2, 0.25) is 0 Å². The first kappa shape index (κ1) is 18.0. The van der Waals surface area contributed by atoms with Crippen LogP contribution in [0.4, 0.5) is 5.69 Å². The molecule has 4 aromatic rings. The molecule has 1 amide bonds. The number of rotatable bonds is 6. The van der Waals surface area contributed by atoms with Crippen LogP contribution in [-0.2, 0) is 5.75 Å². The molecule has 7 nitrogen and oxygen atoms in total. The average molecular weight is 391 g/mol. The third-order valence-electron chi connectivity index (χ3n) is 4.10. The van der Waals surface area contributed by atoms with Crippen LogP contribution in [-0.4, -0.2) is 33.2 Å². The van der Waals surface area contributed by atoms with Crippen molar-refractivity contribution >= 4 is 34.4 Å². The summed E-state index contributed by atoms with van der Waals surface area (Å²) in [6, 6.07) is 14.8. The summed E-state index contributed by atoms with van der Waals surface area (Å²) in [5, 5.41) is 11.5. The Morgan fingerprint density at radius 2 is 2.07 bits per heavy atom. The number of carbonyl (C=O) groups excluding carboxylic acids is 1. The number of nitrogens with one attached hydrogen (secondary N) is 2. The van der Waals surface area contributed by atoms with Gasteiger partial charge in [0.1, 0.15) is 17.1 Å². The molecule has 0 saturated carbocycles. The Bertz CT molecular complexity index is 1130. The molecule has 0 fully saturated rings. The maximum Gasteiger partial charge on any atom is 0.255 e. The van der Waals surface area contributed by atoms with Crippen molar-refractivity contribution in [1.82, 2.24) is 20.2 Å². The highest BCUT2D eigenvalue weighted by atomic mass is 32.2. The van der Waals surface area contributed by atoms with Crippen molar-refractivity contribution in [3.05, 3.63) is 72.2 Å². The summed E-state index contributed by atoms with van der Waals surface area (Å²) >= 11 is 1.60. The predicted octanol–water partition coefficient (Wildman–Crippen LogP) is 3.91. The molecule has 0 atom stereocenters. The van der Waals surface area contributed by atoms with Gasteiger partial charge in [0.25, 0.3) is 5.91 Å². The molecule has 0 aliphatic rings. The van der Waals surface area contributed by atoms with E-state index in [1.165, 1.54) is 6.33 Å². The SMILES string of the molecule is COc1cccc(C(=O)Nc2cccc(CSc3ncnc4[nH]ncc34)c2)c1. The molecular weight excluding hydrogens is 374 g/mol. The van der Waals surface area contributed by atoms with Gasteiger partial charge in [-0.15, -0.1) is 11.8 Å². The molecule has 0 bridgehead atoms. The molecule has 140 valence electrons. The number of ether oxygens (including phenoxy) is 1. The highest BCUT2D eigenvalue weighted by Crippen LogP contribution is 2.27. The number of anilines is 1. The Labute approximate surface area is 165 Å². The van der Waals surface area contributed by atoms with E-state index in [1.54, 1.807) is 49.3 Å². The van der Waals surface area contributed by atoms with E-state index in [-0.39, 0.29) is 5.91 Å². The quantitative estimate of drug-likeness (QED) is 0.382. The molecule has 0 spiro atoms. The number of hydrogen-bond acceptors (Lipinski definition) is 6. The first-order valence-electron chi connectivity index (χ1n) is 8.54. The zero-order chi connectivity index (χ0) is 19.3. The van der Waals surface area contributed by atoms with Gasteiger partial charge in [-0.3, -0.25) is 9.89 Å². The number of aromatic nitrogens is 4. The normalized spacial score (nSPS) is 10.8. The summed E-state index contributed by atoms with van der Waals surface area (Å²) < 4.78 is 5.17. The van der Waals surface area contributed by atoms with Crippen LogP contribution < -0.4 is 10.1 Å². The van der Waals surface area contributed by atoms with Gasteiger partial charge in [0, 0.05) is 17.0 Å². The lowest BCUT2D eigenvalue weighted by atomic mass is 10.2. The molecule has 2 heterocycles. The summed E-state index contributed by atoms with van der Waals surface area (Å²) in [5.74, 6) is 1.17. The van der Waals surface area contributed by atoms with E-state index in [0.717, 1.165) is 27.3 Å². The fraction of sp³-hybridized carbons (Fsp3) is 0.100. The predicted molar refractivity (Wildman–Crippen MR) is 109 cm³/mol. The monoisotopic (exact) mass is 391 g/mol. The third-order valence-corrected chi connectivity index (χ3v) is 5.18. The largest absolute Gasteiger partial charge is 0.497 e. The second-order valence-corrected chi connectivity index (χ2v) is 6.95. The lowest BCUT2D eigenvalue weighted by Crippen LogP contribution is -2.12. The molecule has 0 aliphatic carbocycles. The van der Waals surface area contributed by atoms with Crippen LogP contribution in [0.25, 0.3) is 11.0 Å². The number of carbonyl (C=O) groups is 1. The van der Waals surface area contributed by atoms with E-state index in [2.05, 4.69) is 25.5 Å². The molecular formula is C20H17N5O2S. The number of methoxy groups -OCH3 is 1. The van der Waals surface area contributed by atoms with Crippen molar-refractivity contribution in [3.8, 4) is 5.75 Å². The summed E-state index contributed by atoms with van der Waals surface area (Å²) in [4.78, 5) is 21.0. The van der Waals surface area contributed by atoms with Gasteiger partial charge in [0.15, 0.2) is 5.65 Å². The standard InChI is InChI=1S/C20H17N5O2S/c1-27-16-7-3-5-14(9-16)19(26)24-15-6-2-4-13(8-15)11-28-20-17-10-23-25-18(17)21-12-22-20/h2-10,12H,11H2,1H3,(H,24,26)(H,21,22,23,25). The van der Waals surface area contributed by atoms with Gasteiger partial charge in [0.05, 0.1) is 18.7 Å². The average Bonchev–Trinajstić information content (AvgIpc) is 3.22. The van der Waals surface area contributed by atoms with Crippen molar-refractivity contribution in [2.24, 2.45) is 0 Å². The number of fused-ring (bicyclic) bond motifs is 1. The van der Waals surface area contributed by atoms with Crippen molar-refractivity contribution < 1.29 is 9.53 Å². The number of nitrogens with zero attached hydrogens (tertiary/aromatic N) is 3. The van der Waals surface area contributed by atoms with Crippen molar-refractivity contribution in [3.63, 3.8) is 0 Å². The van der Waals surface area contributed by atoms with Crippen molar-refractivity contribution in [2.75, 3.05) is 12.4 Å². The van der Waals surface area contributed by atoms with Crippen LogP contribution in [0, 0.1) is 0 Å². The summed E-state index contributed by atoms with van der Waals surface area (Å²) in [6.45, 7) is 0. The minimum atomic E-state index is -0.181. The molecule has 2 N–H and O–H groups in total. The van der Waals surface area contributed by atoms with E-state index in [0.29, 0.717) is 17.1 Å². The zero-order valence-corrected chi connectivity index (χ0v) is 15.9. The number of hydrogen-bond donors (Lipinski definition) is 2. The maximum atomic E-state index is 12.5. The number of thioether (sulfide) groups is 1. The lowest BCUT2D eigenvalue weighted by Gasteiger charge is -2.08.